The maximum absolute atomic E-state index is 14.0. The molecule has 2 saturated heterocycles. The highest BCUT2D eigenvalue weighted by Crippen LogP contribution is 2.43. The summed E-state index contributed by atoms with van der Waals surface area (Å²) in [5.41, 5.74) is 5.08. The Kier molecular flexibility index (Phi) is 8.41. The number of benzene rings is 1. The van der Waals surface area contributed by atoms with Crippen LogP contribution in [-0.2, 0) is 17.7 Å². The Morgan fingerprint density at radius 1 is 0.980 bits per heavy atom. The molecular formula is C38H36N6O5S. The topological polar surface area (TPSA) is 130 Å². The van der Waals surface area contributed by atoms with E-state index in [2.05, 4.69) is 25.5 Å². The molecule has 0 atom stereocenters. The zero-order valence-corrected chi connectivity index (χ0v) is 28.4. The lowest BCUT2D eigenvalue weighted by Crippen LogP contribution is -2.59. The van der Waals surface area contributed by atoms with Crippen LogP contribution in [0.1, 0.15) is 60.1 Å². The van der Waals surface area contributed by atoms with Crippen molar-refractivity contribution in [2.24, 2.45) is 5.41 Å². The van der Waals surface area contributed by atoms with Gasteiger partial charge < -0.3 is 29.6 Å². The van der Waals surface area contributed by atoms with Gasteiger partial charge in [0.1, 0.15) is 17.3 Å². The molecule has 5 aromatic rings. The summed E-state index contributed by atoms with van der Waals surface area (Å²) in [5, 5.41) is 5.92. The number of nitrogens with zero attached hydrogens (tertiary/aromatic N) is 4. The van der Waals surface area contributed by atoms with E-state index in [1.807, 2.05) is 37.3 Å². The molecule has 3 amide bonds. The Hall–Kier alpha value is -5.33. The molecule has 11 nitrogen and oxygen atoms in total. The summed E-state index contributed by atoms with van der Waals surface area (Å²) in [7, 11) is 0. The largest absolute Gasteiger partial charge is 0.467 e. The van der Waals surface area contributed by atoms with Crippen molar-refractivity contribution in [3.63, 3.8) is 0 Å². The van der Waals surface area contributed by atoms with Crippen LogP contribution >= 0.6 is 11.3 Å². The van der Waals surface area contributed by atoms with Gasteiger partial charge in [-0.05, 0) is 98.0 Å². The summed E-state index contributed by atoms with van der Waals surface area (Å²) in [6.45, 7) is 5.96. The molecule has 4 aromatic heterocycles. The van der Waals surface area contributed by atoms with Crippen molar-refractivity contribution in [3.8, 4) is 10.6 Å². The molecule has 3 aliphatic heterocycles. The standard InChI is InChI=1S/C38H36N6O5S/c1-24-18-29(34(40-20-24)43-22-38(23-43)11-16-48-17-12-38)35(45)42-27-8-6-25(7-9-27)37(47)44-14-10-26-19-31(36(46)41-21-28-4-3-15-49-28)50-33(26)32-30(44)5-2-13-39-32/h2-9,13,15,18-20H,10-12,14,16-17,21-23H2,1H3,(H,41,46)(H,42,45). The Morgan fingerprint density at radius 2 is 1.80 bits per heavy atom. The van der Waals surface area contributed by atoms with Crippen LogP contribution in [0.2, 0.25) is 0 Å². The van der Waals surface area contributed by atoms with Gasteiger partial charge in [0.15, 0.2) is 0 Å². The summed E-state index contributed by atoms with van der Waals surface area (Å²) >= 11 is 1.37. The van der Waals surface area contributed by atoms with Gasteiger partial charge in [0, 0.05) is 61.9 Å². The molecule has 0 radical (unpaired) electrons. The van der Waals surface area contributed by atoms with Crippen LogP contribution in [-0.4, -0.2) is 60.5 Å². The van der Waals surface area contributed by atoms with Gasteiger partial charge in [0.05, 0.1) is 33.8 Å². The van der Waals surface area contributed by atoms with Crippen LogP contribution in [0.15, 0.2) is 83.7 Å². The summed E-state index contributed by atoms with van der Waals surface area (Å²) in [4.78, 5) is 55.2. The molecule has 2 N–H and O–H groups in total. The maximum atomic E-state index is 14.0. The molecule has 0 saturated carbocycles. The lowest BCUT2D eigenvalue weighted by molar-refractivity contribution is -0.000511. The van der Waals surface area contributed by atoms with Crippen LogP contribution in [0.25, 0.3) is 10.6 Å². The van der Waals surface area contributed by atoms with Crippen molar-refractivity contribution in [2.75, 3.05) is 48.0 Å². The Balaban J connectivity index is 0.962. The fourth-order valence-corrected chi connectivity index (χ4v) is 8.14. The van der Waals surface area contributed by atoms with Gasteiger partial charge in [-0.3, -0.25) is 19.4 Å². The van der Waals surface area contributed by atoms with Gasteiger partial charge in [-0.15, -0.1) is 11.3 Å². The molecule has 1 spiro atoms. The zero-order chi connectivity index (χ0) is 34.2. The first kappa shape index (κ1) is 31.9. The van der Waals surface area contributed by atoms with Crippen molar-refractivity contribution in [2.45, 2.75) is 32.7 Å². The van der Waals surface area contributed by atoms with Crippen LogP contribution in [0.4, 0.5) is 17.2 Å². The fraction of sp³-hybridized carbons (Fsp3) is 0.289. The molecule has 0 bridgehead atoms. The number of aromatic nitrogens is 2. The first-order chi connectivity index (χ1) is 24.4. The van der Waals surface area contributed by atoms with Crippen LogP contribution in [0.3, 0.4) is 0 Å². The van der Waals surface area contributed by atoms with Crippen molar-refractivity contribution >= 4 is 46.3 Å². The molecule has 7 heterocycles. The molecule has 1 aromatic carbocycles. The smallest absolute Gasteiger partial charge is 0.261 e. The van der Waals surface area contributed by atoms with Crippen LogP contribution in [0.5, 0.6) is 0 Å². The number of pyridine rings is 2. The van der Waals surface area contributed by atoms with Crippen molar-refractivity contribution in [3.05, 3.63) is 112 Å². The second-order valence-corrected chi connectivity index (χ2v) is 14.2. The van der Waals surface area contributed by atoms with E-state index in [9.17, 15) is 14.4 Å². The molecule has 2 fully saturated rings. The molecule has 3 aliphatic rings. The monoisotopic (exact) mass is 688 g/mol. The van der Waals surface area contributed by atoms with E-state index in [-0.39, 0.29) is 23.1 Å². The van der Waals surface area contributed by atoms with Gasteiger partial charge in [0.25, 0.3) is 17.7 Å². The normalized spacial score (nSPS) is 16.2. The van der Waals surface area contributed by atoms with Crippen LogP contribution in [0, 0.1) is 12.3 Å². The second kappa shape index (κ2) is 13.2. The van der Waals surface area contributed by atoms with E-state index in [1.54, 1.807) is 53.9 Å². The minimum Gasteiger partial charge on any atom is -0.467 e. The van der Waals surface area contributed by atoms with Crippen molar-refractivity contribution in [1.29, 1.82) is 0 Å². The molecule has 0 aliphatic carbocycles. The Bertz CT molecular complexity index is 2060. The van der Waals surface area contributed by atoms with E-state index >= 15 is 0 Å². The number of ether oxygens (including phenoxy) is 1. The molecule has 50 heavy (non-hydrogen) atoms. The predicted molar refractivity (Wildman–Crippen MR) is 191 cm³/mol. The van der Waals surface area contributed by atoms with E-state index in [4.69, 9.17) is 9.15 Å². The van der Waals surface area contributed by atoms with E-state index in [0.717, 1.165) is 55.1 Å². The summed E-state index contributed by atoms with van der Waals surface area (Å²) < 4.78 is 10.9. The van der Waals surface area contributed by atoms with E-state index < -0.39 is 0 Å². The first-order valence-electron chi connectivity index (χ1n) is 16.8. The molecule has 254 valence electrons. The van der Waals surface area contributed by atoms with Crippen molar-refractivity contribution < 1.29 is 23.5 Å². The average Bonchev–Trinajstić information content (AvgIpc) is 3.78. The summed E-state index contributed by atoms with van der Waals surface area (Å²) in [6, 6.07) is 18.0. The minimum atomic E-state index is -0.240. The van der Waals surface area contributed by atoms with Gasteiger partial charge in [-0.25, -0.2) is 4.98 Å². The molecule has 0 unspecified atom stereocenters. The Morgan fingerprint density at radius 3 is 2.58 bits per heavy atom. The number of thiophene rings is 1. The number of anilines is 3. The lowest BCUT2D eigenvalue weighted by atomic mass is 9.73. The van der Waals surface area contributed by atoms with Gasteiger partial charge in [-0.1, -0.05) is 0 Å². The molecule has 12 heteroatoms. The highest BCUT2D eigenvalue weighted by molar-refractivity contribution is 7.17. The summed E-state index contributed by atoms with van der Waals surface area (Å²) in [5.74, 6) is 0.776. The van der Waals surface area contributed by atoms with E-state index in [0.29, 0.717) is 64.2 Å². The predicted octanol–water partition coefficient (Wildman–Crippen LogP) is 6.11. The van der Waals surface area contributed by atoms with E-state index in [1.165, 1.54) is 11.3 Å². The van der Waals surface area contributed by atoms with Gasteiger partial charge in [-0.2, -0.15) is 0 Å². The number of aryl methyl sites for hydroxylation is 1. The number of furan rings is 1. The summed E-state index contributed by atoms with van der Waals surface area (Å²) in [6.07, 6.45) is 7.70. The minimum absolute atomic E-state index is 0.173. The van der Waals surface area contributed by atoms with Crippen LogP contribution < -0.4 is 20.4 Å². The number of rotatable bonds is 7. The van der Waals surface area contributed by atoms with Crippen molar-refractivity contribution in [1.82, 2.24) is 15.3 Å². The number of amides is 3. The number of hydrogen-bond donors (Lipinski definition) is 2. The highest BCUT2D eigenvalue weighted by atomic mass is 32.1. The molecular weight excluding hydrogens is 653 g/mol. The SMILES string of the molecule is Cc1cnc(N2CC3(CCOCC3)C2)c(C(=O)Nc2ccc(C(=O)N3CCc4cc(C(=O)NCc5ccco5)sc4-c4ncccc43)cc2)c1. The number of carbonyl (C=O) groups excluding carboxylic acids is 3. The zero-order valence-electron chi connectivity index (χ0n) is 27.6. The third-order valence-electron chi connectivity index (χ3n) is 9.72. The quantitative estimate of drug-likeness (QED) is 0.210. The number of carbonyl (C=O) groups is 3. The molecule has 8 rings (SSSR count). The Labute approximate surface area is 293 Å². The average molecular weight is 689 g/mol. The second-order valence-electron chi connectivity index (χ2n) is 13.2. The first-order valence-corrected chi connectivity index (χ1v) is 17.6. The number of nitrogens with one attached hydrogen (secondary N) is 2. The number of hydrogen-bond acceptors (Lipinski definition) is 9. The highest BCUT2D eigenvalue weighted by Gasteiger charge is 2.45. The van der Waals surface area contributed by atoms with Gasteiger partial charge >= 0.3 is 0 Å². The fourth-order valence-electron chi connectivity index (χ4n) is 7.01. The van der Waals surface area contributed by atoms with Gasteiger partial charge in [0.2, 0.25) is 0 Å². The lowest BCUT2D eigenvalue weighted by Gasteiger charge is -2.53. The number of fused-ring (bicyclic) bond motifs is 3. The third kappa shape index (κ3) is 6.16. The third-order valence-corrected chi connectivity index (χ3v) is 10.9. The maximum Gasteiger partial charge on any atom is 0.261 e.